The Balaban J connectivity index is 1.06. The SMILES string of the molecule is CC1(C)CC[C@@]2(C(=O)O[C@@H]3O[C@H](CO)[C@@H](O)[C@H](O)[C@H]3O)CC[C@]3(C)C(=CC[C@@H]4[C@@]5(C)CC[C@H](O[C@@H]6O[C@@](C)(C(=O)O)[C@@H](O)[C@H](O)[C@H]6O[C@@H]6OC[C@@H](O)[C@H](O)[C@H]6O)C(C)(C)[C@@H]5CC[C@]43C)[C@H]2C1. The Labute approximate surface area is 386 Å². The van der Waals surface area contributed by atoms with Gasteiger partial charge in [-0.05, 0) is 116 Å². The zero-order chi connectivity index (χ0) is 48.5. The zero-order valence-electron chi connectivity index (χ0n) is 39.6. The third kappa shape index (κ3) is 7.57. The summed E-state index contributed by atoms with van der Waals surface area (Å²) in [6.07, 6.45) is -12.0. The molecule has 22 atom stereocenters. The average Bonchev–Trinajstić information content (AvgIpc) is 3.25. The van der Waals surface area contributed by atoms with Crippen LogP contribution >= 0.6 is 0 Å². The maximum atomic E-state index is 14.7. The number of allylic oxidation sites excluding steroid dienone is 2. The van der Waals surface area contributed by atoms with Gasteiger partial charge in [-0.25, -0.2) is 4.79 Å². The third-order valence-electron chi connectivity index (χ3n) is 19.4. The molecule has 3 saturated heterocycles. The number of carboxylic acid groups (broad SMARTS) is 1. The summed E-state index contributed by atoms with van der Waals surface area (Å²) in [5.74, 6) is -1.86. The number of esters is 1. The minimum absolute atomic E-state index is 0.0738. The van der Waals surface area contributed by atoms with Crippen LogP contribution in [0.1, 0.15) is 120 Å². The summed E-state index contributed by atoms with van der Waals surface area (Å²) in [6.45, 7) is 16.0. The number of aliphatic carboxylic acids is 1. The molecule has 7 fully saturated rings. The topological polar surface area (TPSA) is 292 Å². The van der Waals surface area contributed by atoms with Crippen LogP contribution in [-0.4, -0.2) is 168 Å². The van der Waals surface area contributed by atoms with E-state index in [9.17, 15) is 60.7 Å². The van der Waals surface area contributed by atoms with Crippen LogP contribution < -0.4 is 0 Å². The monoisotopic (exact) mass is 941 g/mol. The van der Waals surface area contributed by atoms with Gasteiger partial charge >= 0.3 is 11.9 Å². The number of aliphatic hydroxyl groups excluding tert-OH is 9. The van der Waals surface area contributed by atoms with E-state index in [1.807, 2.05) is 0 Å². The Morgan fingerprint density at radius 1 is 0.727 bits per heavy atom. The molecule has 0 bridgehead atoms. The molecule has 0 radical (unpaired) electrons. The lowest BCUT2D eigenvalue weighted by molar-refractivity contribution is -0.380. The molecule has 18 heteroatoms. The van der Waals surface area contributed by atoms with Gasteiger partial charge in [0.1, 0.15) is 61.0 Å². The maximum Gasteiger partial charge on any atom is 0.338 e. The summed E-state index contributed by atoms with van der Waals surface area (Å²) in [7, 11) is 0. The first-order valence-corrected chi connectivity index (χ1v) is 24.1. The Morgan fingerprint density at radius 3 is 2.06 bits per heavy atom. The number of carboxylic acids is 1. The molecule has 0 aromatic rings. The van der Waals surface area contributed by atoms with Crippen molar-refractivity contribution < 1.29 is 89.1 Å². The van der Waals surface area contributed by atoms with Gasteiger partial charge in [0.15, 0.2) is 18.2 Å². The first kappa shape index (κ1) is 50.5. The molecule has 376 valence electrons. The highest BCUT2D eigenvalue weighted by atomic mass is 16.8. The van der Waals surface area contributed by atoms with Crippen molar-refractivity contribution in [3.05, 3.63) is 11.6 Å². The summed E-state index contributed by atoms with van der Waals surface area (Å²) in [4.78, 5) is 27.2. The van der Waals surface area contributed by atoms with Gasteiger partial charge in [-0.3, -0.25) is 4.79 Å². The number of carbonyl (C=O) groups is 2. The molecule has 8 aliphatic rings. The molecule has 3 heterocycles. The van der Waals surface area contributed by atoms with E-state index in [1.54, 1.807) is 0 Å². The minimum atomic E-state index is -2.30. The Morgan fingerprint density at radius 2 is 1.39 bits per heavy atom. The lowest BCUT2D eigenvalue weighted by atomic mass is 9.33. The summed E-state index contributed by atoms with van der Waals surface area (Å²) in [6, 6.07) is 0. The number of aliphatic hydroxyl groups is 9. The summed E-state index contributed by atoms with van der Waals surface area (Å²) < 4.78 is 35.9. The number of rotatable bonds is 8. The highest BCUT2D eigenvalue weighted by Gasteiger charge is 2.70. The van der Waals surface area contributed by atoms with E-state index in [0.717, 1.165) is 51.9 Å². The number of hydrogen-bond acceptors (Lipinski definition) is 17. The summed E-state index contributed by atoms with van der Waals surface area (Å²) in [5, 5.41) is 105. The molecule has 5 aliphatic carbocycles. The Hall–Kier alpha value is -1.88. The Kier molecular flexibility index (Phi) is 13.1. The molecule has 0 aromatic heterocycles. The van der Waals surface area contributed by atoms with Gasteiger partial charge in [-0.2, -0.15) is 0 Å². The van der Waals surface area contributed by atoms with Gasteiger partial charge in [-0.1, -0.05) is 60.1 Å². The van der Waals surface area contributed by atoms with Crippen molar-refractivity contribution in [2.45, 2.75) is 211 Å². The van der Waals surface area contributed by atoms with Crippen molar-refractivity contribution in [2.24, 2.45) is 50.2 Å². The number of ether oxygens (including phenoxy) is 6. The van der Waals surface area contributed by atoms with Crippen LogP contribution in [0.4, 0.5) is 0 Å². The first-order valence-electron chi connectivity index (χ1n) is 24.1. The van der Waals surface area contributed by atoms with Gasteiger partial charge in [0.05, 0.1) is 24.7 Å². The van der Waals surface area contributed by atoms with Gasteiger partial charge in [0.2, 0.25) is 6.29 Å². The van der Waals surface area contributed by atoms with E-state index < -0.39 is 128 Å². The van der Waals surface area contributed by atoms with E-state index in [2.05, 4.69) is 54.5 Å². The van der Waals surface area contributed by atoms with E-state index in [-0.39, 0.29) is 39.4 Å². The normalized spacial score (nSPS) is 53.2. The average molecular weight is 941 g/mol. The van der Waals surface area contributed by atoms with E-state index in [0.29, 0.717) is 19.3 Å². The second kappa shape index (κ2) is 17.2. The van der Waals surface area contributed by atoms with Gasteiger partial charge in [-0.15, -0.1) is 0 Å². The summed E-state index contributed by atoms with van der Waals surface area (Å²) in [5.41, 5.74) is -3.23. The fraction of sp³-hybridized carbons (Fsp3) is 0.917. The molecule has 10 N–H and O–H groups in total. The van der Waals surface area contributed by atoms with Gasteiger partial charge < -0.3 is 79.5 Å². The van der Waals surface area contributed by atoms with E-state index >= 15 is 0 Å². The molecule has 0 spiro atoms. The lowest BCUT2D eigenvalue weighted by Crippen LogP contribution is -2.69. The van der Waals surface area contributed by atoms with E-state index in [1.165, 1.54) is 5.57 Å². The van der Waals surface area contributed by atoms with Crippen molar-refractivity contribution in [1.82, 2.24) is 0 Å². The first-order chi connectivity index (χ1) is 30.6. The number of carbonyl (C=O) groups excluding carboxylic acids is 1. The van der Waals surface area contributed by atoms with Crippen molar-refractivity contribution in [3.63, 3.8) is 0 Å². The molecule has 0 aromatic carbocycles. The second-order valence-electron chi connectivity index (χ2n) is 23.6. The quantitative estimate of drug-likeness (QED) is 0.0931. The standard InChI is InChI=1S/C48H76O18/c1-42(2)15-17-48(41(60)65-38-33(55)31(53)30(52)25(20-49)62-38)18-16-45(6)22(23(48)19-42)9-10-27-44(5)13-12-28(43(3,4)26(44)11-14-46(27,45)7)63-39-35(34(56)36(57)47(8,66-39)40(58)59)64-37-32(54)29(51)24(50)21-61-37/h9,23-39,49-57H,10-21H2,1-8H3,(H,58,59)/t23-,24-,25-,26+,27-,28+,29+,30-,31+,32-,33-,34-,35-,36+,37+,38+,39-,44+,45-,46-,47-,48-/m1/s1. The van der Waals surface area contributed by atoms with Crippen molar-refractivity contribution in [1.29, 1.82) is 0 Å². The van der Waals surface area contributed by atoms with Crippen LogP contribution in [0.3, 0.4) is 0 Å². The molecule has 3 aliphatic heterocycles. The molecule has 18 nitrogen and oxygen atoms in total. The van der Waals surface area contributed by atoms with Crippen molar-refractivity contribution in [2.75, 3.05) is 13.2 Å². The van der Waals surface area contributed by atoms with E-state index in [4.69, 9.17) is 28.4 Å². The molecule has 8 rings (SSSR count). The molecule has 0 amide bonds. The van der Waals surface area contributed by atoms with Gasteiger partial charge in [0, 0.05) is 0 Å². The van der Waals surface area contributed by atoms with Crippen LogP contribution in [0.25, 0.3) is 0 Å². The number of hydrogen-bond donors (Lipinski definition) is 10. The molecular weight excluding hydrogens is 865 g/mol. The second-order valence-corrected chi connectivity index (χ2v) is 23.6. The highest BCUT2D eigenvalue weighted by molar-refractivity contribution is 5.79. The predicted octanol–water partition coefficient (Wildman–Crippen LogP) is 1.26. The van der Waals surface area contributed by atoms with Crippen LogP contribution in [0.2, 0.25) is 0 Å². The molecule has 0 unspecified atom stereocenters. The highest BCUT2D eigenvalue weighted by Crippen LogP contribution is 2.76. The number of fused-ring (bicyclic) bond motifs is 7. The van der Waals surface area contributed by atoms with Crippen LogP contribution in [0, 0.1) is 50.2 Å². The fourth-order valence-corrected chi connectivity index (χ4v) is 14.9. The van der Waals surface area contributed by atoms with Crippen LogP contribution in [0.5, 0.6) is 0 Å². The maximum absolute atomic E-state index is 14.7. The van der Waals surface area contributed by atoms with Crippen LogP contribution in [-0.2, 0) is 38.0 Å². The fourth-order valence-electron chi connectivity index (χ4n) is 14.9. The van der Waals surface area contributed by atoms with Gasteiger partial charge in [0.25, 0.3) is 0 Å². The zero-order valence-corrected chi connectivity index (χ0v) is 39.6. The Bertz CT molecular complexity index is 1870. The van der Waals surface area contributed by atoms with Crippen molar-refractivity contribution >= 4 is 11.9 Å². The smallest absolute Gasteiger partial charge is 0.338 e. The summed E-state index contributed by atoms with van der Waals surface area (Å²) >= 11 is 0. The predicted molar refractivity (Wildman–Crippen MR) is 229 cm³/mol. The lowest BCUT2D eigenvalue weighted by Gasteiger charge is -2.71. The molecule has 4 saturated carbocycles. The molecular formula is C48H76O18. The minimum Gasteiger partial charge on any atom is -0.479 e. The van der Waals surface area contributed by atoms with Crippen LogP contribution in [0.15, 0.2) is 11.6 Å². The van der Waals surface area contributed by atoms with Crippen molar-refractivity contribution in [3.8, 4) is 0 Å². The largest absolute Gasteiger partial charge is 0.479 e. The third-order valence-corrected chi connectivity index (χ3v) is 19.4. The molecule has 66 heavy (non-hydrogen) atoms.